The predicted octanol–water partition coefficient (Wildman–Crippen LogP) is 4.77. The van der Waals surface area contributed by atoms with Gasteiger partial charge in [-0.25, -0.2) is 0 Å². The zero-order valence-electron chi connectivity index (χ0n) is 15.2. The minimum Gasteiger partial charge on any atom is -0.508 e. The molecule has 0 saturated heterocycles. The third-order valence-corrected chi connectivity index (χ3v) is 4.90. The molecule has 2 N–H and O–H groups in total. The van der Waals surface area contributed by atoms with Crippen molar-refractivity contribution < 1.29 is 19.7 Å². The lowest BCUT2D eigenvalue weighted by Gasteiger charge is -2.26. The zero-order valence-corrected chi connectivity index (χ0v) is 15.2. The first kappa shape index (κ1) is 17.0. The van der Waals surface area contributed by atoms with Gasteiger partial charge in [-0.05, 0) is 60.0 Å². The smallest absolute Gasteiger partial charge is 0.134 e. The number of ether oxygens (including phenoxy) is 2. The van der Waals surface area contributed by atoms with Crippen molar-refractivity contribution in [3.63, 3.8) is 0 Å². The van der Waals surface area contributed by atoms with Gasteiger partial charge in [-0.3, -0.25) is 0 Å². The lowest BCUT2D eigenvalue weighted by Crippen LogP contribution is -2.12. The van der Waals surface area contributed by atoms with E-state index in [4.69, 9.17) is 9.47 Å². The summed E-state index contributed by atoms with van der Waals surface area (Å²) in [5.74, 6) is 1.93. The fraction of sp³-hybridized carbons (Fsp3) is 0.130. The molecule has 0 fully saturated rings. The van der Waals surface area contributed by atoms with E-state index in [0.29, 0.717) is 12.4 Å². The summed E-state index contributed by atoms with van der Waals surface area (Å²) in [7, 11) is 1.64. The second-order valence-electron chi connectivity index (χ2n) is 6.50. The fourth-order valence-corrected chi connectivity index (χ4v) is 3.42. The van der Waals surface area contributed by atoms with Crippen LogP contribution in [-0.2, 0) is 0 Å². The molecule has 0 aliphatic carbocycles. The molecule has 4 rings (SSSR count). The fourth-order valence-electron chi connectivity index (χ4n) is 3.42. The van der Waals surface area contributed by atoms with Gasteiger partial charge in [-0.1, -0.05) is 24.3 Å². The molecule has 3 aromatic carbocycles. The van der Waals surface area contributed by atoms with Crippen LogP contribution in [-0.4, -0.2) is 23.9 Å². The number of hydrogen-bond donors (Lipinski definition) is 2. The largest absolute Gasteiger partial charge is 0.508 e. The quantitative estimate of drug-likeness (QED) is 0.707. The Balaban J connectivity index is 1.97. The average Bonchev–Trinajstić information content (AvgIpc) is 2.71. The van der Waals surface area contributed by atoms with Gasteiger partial charge in [-0.15, -0.1) is 0 Å². The Morgan fingerprint density at radius 3 is 2.19 bits per heavy atom. The topological polar surface area (TPSA) is 58.9 Å². The molecule has 1 aliphatic heterocycles. The number of benzene rings is 3. The van der Waals surface area contributed by atoms with E-state index in [0.717, 1.165) is 39.1 Å². The van der Waals surface area contributed by atoms with Crippen LogP contribution in [0.1, 0.15) is 22.3 Å². The zero-order chi connectivity index (χ0) is 19.0. The Morgan fingerprint density at radius 1 is 0.852 bits per heavy atom. The Kier molecular flexibility index (Phi) is 4.24. The summed E-state index contributed by atoms with van der Waals surface area (Å²) in [6, 6.07) is 18.6. The SMILES string of the molecule is COc1ccc(C2=C(c3ccc(O)cc3)COc3c2ccc(O)c3C)cc1. The van der Waals surface area contributed by atoms with E-state index in [2.05, 4.69) is 0 Å². The first-order chi connectivity index (χ1) is 13.1. The molecule has 0 amide bonds. The molecule has 0 radical (unpaired) electrons. The minimum absolute atomic E-state index is 0.218. The van der Waals surface area contributed by atoms with Crippen LogP contribution < -0.4 is 9.47 Å². The highest BCUT2D eigenvalue weighted by molar-refractivity contribution is 6.02. The molecule has 0 aromatic heterocycles. The van der Waals surface area contributed by atoms with E-state index in [1.165, 1.54) is 0 Å². The van der Waals surface area contributed by atoms with Crippen molar-refractivity contribution in [1.29, 1.82) is 0 Å². The summed E-state index contributed by atoms with van der Waals surface area (Å²) in [4.78, 5) is 0. The number of phenols is 2. The van der Waals surface area contributed by atoms with Gasteiger partial charge in [0.25, 0.3) is 0 Å². The molecule has 4 heteroatoms. The van der Waals surface area contributed by atoms with Crippen molar-refractivity contribution >= 4 is 11.1 Å². The number of hydrogen-bond acceptors (Lipinski definition) is 4. The van der Waals surface area contributed by atoms with E-state index < -0.39 is 0 Å². The van der Waals surface area contributed by atoms with E-state index in [1.54, 1.807) is 25.3 Å². The van der Waals surface area contributed by atoms with Gasteiger partial charge in [0, 0.05) is 16.7 Å². The van der Waals surface area contributed by atoms with Gasteiger partial charge in [0.15, 0.2) is 0 Å². The maximum Gasteiger partial charge on any atom is 0.134 e. The Labute approximate surface area is 157 Å². The van der Waals surface area contributed by atoms with Gasteiger partial charge < -0.3 is 19.7 Å². The molecule has 0 spiro atoms. The first-order valence-electron chi connectivity index (χ1n) is 8.71. The van der Waals surface area contributed by atoms with Crippen molar-refractivity contribution in [1.82, 2.24) is 0 Å². The molecule has 1 heterocycles. The Morgan fingerprint density at radius 2 is 1.52 bits per heavy atom. The average molecular weight is 360 g/mol. The lowest BCUT2D eigenvalue weighted by atomic mass is 9.86. The van der Waals surface area contributed by atoms with Crippen LogP contribution in [0.25, 0.3) is 11.1 Å². The maximum absolute atomic E-state index is 10.1. The standard InChI is InChI=1S/C23H20O4/c1-14-21(25)12-11-19-22(16-5-9-18(26-2)10-6-16)20(13-27-23(14)19)15-3-7-17(24)8-4-15/h3-12,24-25H,13H2,1-2H3. The molecule has 4 nitrogen and oxygen atoms in total. The van der Waals surface area contributed by atoms with Crippen LogP contribution >= 0.6 is 0 Å². The van der Waals surface area contributed by atoms with E-state index in [-0.39, 0.29) is 11.5 Å². The number of fused-ring (bicyclic) bond motifs is 1. The van der Waals surface area contributed by atoms with Crippen LogP contribution in [0.4, 0.5) is 0 Å². The highest BCUT2D eigenvalue weighted by Gasteiger charge is 2.25. The van der Waals surface area contributed by atoms with Crippen molar-refractivity contribution in [3.05, 3.63) is 82.9 Å². The first-order valence-corrected chi connectivity index (χ1v) is 8.71. The van der Waals surface area contributed by atoms with Crippen molar-refractivity contribution in [2.45, 2.75) is 6.92 Å². The van der Waals surface area contributed by atoms with E-state index in [9.17, 15) is 10.2 Å². The van der Waals surface area contributed by atoms with Gasteiger partial charge >= 0.3 is 0 Å². The summed E-state index contributed by atoms with van der Waals surface area (Å²) in [5, 5.41) is 19.7. The predicted molar refractivity (Wildman–Crippen MR) is 105 cm³/mol. The van der Waals surface area contributed by atoms with Crippen LogP contribution in [0, 0.1) is 6.92 Å². The van der Waals surface area contributed by atoms with Crippen LogP contribution in [0.3, 0.4) is 0 Å². The monoisotopic (exact) mass is 360 g/mol. The molecular weight excluding hydrogens is 340 g/mol. The highest BCUT2D eigenvalue weighted by atomic mass is 16.5. The minimum atomic E-state index is 0.218. The molecule has 0 atom stereocenters. The summed E-state index contributed by atoms with van der Waals surface area (Å²) in [6.45, 7) is 2.23. The molecule has 3 aromatic rings. The Hall–Kier alpha value is -3.40. The van der Waals surface area contributed by atoms with Gasteiger partial charge in [-0.2, -0.15) is 0 Å². The number of phenolic OH excluding ortho intramolecular Hbond substituents is 2. The number of methoxy groups -OCH3 is 1. The highest BCUT2D eigenvalue weighted by Crippen LogP contribution is 2.44. The second-order valence-corrected chi connectivity index (χ2v) is 6.50. The molecule has 1 aliphatic rings. The van der Waals surface area contributed by atoms with Crippen LogP contribution in [0.15, 0.2) is 60.7 Å². The molecular formula is C23H20O4. The molecule has 0 unspecified atom stereocenters. The summed E-state index contributed by atoms with van der Waals surface area (Å²) in [6.07, 6.45) is 0. The Bertz CT molecular complexity index is 1020. The molecule has 0 bridgehead atoms. The third-order valence-electron chi connectivity index (χ3n) is 4.90. The number of rotatable bonds is 3. The van der Waals surface area contributed by atoms with Crippen LogP contribution in [0.2, 0.25) is 0 Å². The number of aromatic hydroxyl groups is 2. The molecule has 136 valence electrons. The van der Waals surface area contributed by atoms with Crippen molar-refractivity contribution in [2.24, 2.45) is 0 Å². The van der Waals surface area contributed by atoms with Gasteiger partial charge in [0.05, 0.1) is 7.11 Å². The summed E-state index contributed by atoms with van der Waals surface area (Å²) in [5.41, 5.74) is 5.75. The van der Waals surface area contributed by atoms with E-state index >= 15 is 0 Å². The lowest BCUT2D eigenvalue weighted by molar-refractivity contribution is 0.357. The summed E-state index contributed by atoms with van der Waals surface area (Å²) >= 11 is 0. The summed E-state index contributed by atoms with van der Waals surface area (Å²) < 4.78 is 11.3. The maximum atomic E-state index is 10.1. The third kappa shape index (κ3) is 2.99. The van der Waals surface area contributed by atoms with Crippen LogP contribution in [0.5, 0.6) is 23.0 Å². The van der Waals surface area contributed by atoms with Gasteiger partial charge in [0.1, 0.15) is 29.6 Å². The normalized spacial score (nSPS) is 13.1. The second kappa shape index (κ2) is 6.72. The van der Waals surface area contributed by atoms with Crippen molar-refractivity contribution in [3.8, 4) is 23.0 Å². The van der Waals surface area contributed by atoms with Crippen molar-refractivity contribution in [2.75, 3.05) is 13.7 Å². The molecule has 27 heavy (non-hydrogen) atoms. The van der Waals surface area contributed by atoms with E-state index in [1.807, 2.05) is 49.4 Å². The van der Waals surface area contributed by atoms with Gasteiger partial charge in [0.2, 0.25) is 0 Å². The molecule has 0 saturated carbocycles.